The number of benzene rings is 1. The Balaban J connectivity index is 1.31. The van der Waals surface area contributed by atoms with Gasteiger partial charge in [-0.1, -0.05) is 30.3 Å². The van der Waals surface area contributed by atoms with Crippen molar-refractivity contribution in [1.29, 1.82) is 0 Å². The van der Waals surface area contributed by atoms with Gasteiger partial charge in [0.1, 0.15) is 0 Å². The molecule has 5 nitrogen and oxygen atoms in total. The number of likely N-dealkylation sites (tertiary alicyclic amines) is 1. The number of thiophene rings is 1. The summed E-state index contributed by atoms with van der Waals surface area (Å²) in [5.41, 5.74) is 2.07. The van der Waals surface area contributed by atoms with Crippen molar-refractivity contribution in [3.63, 3.8) is 0 Å². The van der Waals surface area contributed by atoms with Crippen LogP contribution in [-0.4, -0.2) is 28.2 Å². The summed E-state index contributed by atoms with van der Waals surface area (Å²) in [4.78, 5) is 33.3. The molecule has 28 heavy (non-hydrogen) atoms. The Morgan fingerprint density at radius 2 is 2.07 bits per heavy atom. The average molecular weight is 412 g/mol. The highest BCUT2D eigenvalue weighted by atomic mass is 32.1. The van der Waals surface area contributed by atoms with Gasteiger partial charge in [-0.25, -0.2) is 4.98 Å². The molecule has 1 fully saturated rings. The normalized spacial score (nSPS) is 16.5. The molecule has 0 spiro atoms. The van der Waals surface area contributed by atoms with Gasteiger partial charge in [-0.2, -0.15) is 0 Å². The third-order valence-corrected chi connectivity index (χ3v) is 6.65. The molecule has 1 N–H and O–H groups in total. The van der Waals surface area contributed by atoms with Gasteiger partial charge in [0.2, 0.25) is 11.8 Å². The van der Waals surface area contributed by atoms with E-state index in [9.17, 15) is 9.59 Å². The summed E-state index contributed by atoms with van der Waals surface area (Å²) in [5.74, 6) is -0.290. The highest BCUT2D eigenvalue weighted by Gasteiger charge is 2.34. The summed E-state index contributed by atoms with van der Waals surface area (Å²) >= 11 is 3.27. The van der Waals surface area contributed by atoms with Gasteiger partial charge in [0.25, 0.3) is 0 Å². The number of aryl methyl sites for hydroxylation is 1. The van der Waals surface area contributed by atoms with E-state index in [1.165, 1.54) is 0 Å². The van der Waals surface area contributed by atoms with Crippen molar-refractivity contribution in [3.05, 3.63) is 63.3 Å². The van der Waals surface area contributed by atoms with Crippen LogP contribution in [0.1, 0.15) is 21.9 Å². The minimum absolute atomic E-state index is 0.0429. The van der Waals surface area contributed by atoms with Crippen LogP contribution in [0.2, 0.25) is 0 Å². The van der Waals surface area contributed by atoms with E-state index in [4.69, 9.17) is 0 Å². The molecule has 0 aliphatic carbocycles. The van der Waals surface area contributed by atoms with Gasteiger partial charge in [0, 0.05) is 29.8 Å². The lowest BCUT2D eigenvalue weighted by Gasteiger charge is -2.16. The maximum Gasteiger partial charge on any atom is 0.225 e. The lowest BCUT2D eigenvalue weighted by molar-refractivity contribution is -0.129. The summed E-state index contributed by atoms with van der Waals surface area (Å²) in [5, 5.41) is 6.09. The van der Waals surface area contributed by atoms with E-state index in [-0.39, 0.29) is 24.2 Å². The van der Waals surface area contributed by atoms with E-state index < -0.39 is 0 Å². The molecule has 0 saturated carbocycles. The van der Waals surface area contributed by atoms with E-state index in [1.807, 2.05) is 49.4 Å². The number of carbonyl (C=O) groups is 2. The predicted molar refractivity (Wildman–Crippen MR) is 112 cm³/mol. The van der Waals surface area contributed by atoms with Crippen molar-refractivity contribution in [3.8, 4) is 10.6 Å². The second-order valence-corrected chi connectivity index (χ2v) is 9.13. The molecular formula is C21H21N3O2S2. The van der Waals surface area contributed by atoms with Crippen LogP contribution in [0.15, 0.2) is 47.8 Å². The molecule has 7 heteroatoms. The number of aromatic nitrogens is 1. The van der Waals surface area contributed by atoms with Gasteiger partial charge >= 0.3 is 0 Å². The van der Waals surface area contributed by atoms with E-state index >= 15 is 0 Å². The molecule has 1 aromatic carbocycles. The summed E-state index contributed by atoms with van der Waals surface area (Å²) < 4.78 is 0. The fraction of sp³-hybridized carbons (Fsp3) is 0.286. The molecule has 1 aliphatic heterocycles. The van der Waals surface area contributed by atoms with Gasteiger partial charge in [-0.05, 0) is 24.6 Å². The Morgan fingerprint density at radius 1 is 1.25 bits per heavy atom. The molecule has 1 saturated heterocycles. The lowest BCUT2D eigenvalue weighted by atomic mass is 10.1. The molecule has 0 bridgehead atoms. The Kier molecular flexibility index (Phi) is 5.54. The van der Waals surface area contributed by atoms with Crippen LogP contribution in [0.3, 0.4) is 0 Å². The van der Waals surface area contributed by atoms with Crippen molar-refractivity contribution in [2.24, 2.45) is 5.92 Å². The second-order valence-electron chi connectivity index (χ2n) is 6.90. The van der Waals surface area contributed by atoms with Crippen molar-refractivity contribution < 1.29 is 9.59 Å². The monoisotopic (exact) mass is 411 g/mol. The largest absolute Gasteiger partial charge is 0.351 e. The number of nitrogens with one attached hydrogen (secondary N) is 1. The minimum atomic E-state index is -0.281. The van der Waals surface area contributed by atoms with Crippen LogP contribution < -0.4 is 5.32 Å². The molecule has 2 aromatic heterocycles. The summed E-state index contributed by atoms with van der Waals surface area (Å²) in [6, 6.07) is 13.9. The van der Waals surface area contributed by atoms with E-state index in [1.54, 1.807) is 27.6 Å². The van der Waals surface area contributed by atoms with Gasteiger partial charge < -0.3 is 10.2 Å². The first kappa shape index (κ1) is 18.8. The van der Waals surface area contributed by atoms with Crippen molar-refractivity contribution >= 4 is 34.5 Å². The first-order valence-electron chi connectivity index (χ1n) is 9.19. The van der Waals surface area contributed by atoms with Crippen LogP contribution in [0.25, 0.3) is 10.6 Å². The zero-order chi connectivity index (χ0) is 19.5. The number of thiazole rings is 1. The molecule has 3 aromatic rings. The second kappa shape index (κ2) is 8.24. The molecule has 0 unspecified atom stereocenters. The minimum Gasteiger partial charge on any atom is -0.351 e. The highest BCUT2D eigenvalue weighted by molar-refractivity contribution is 7.16. The smallest absolute Gasteiger partial charge is 0.225 e. The van der Waals surface area contributed by atoms with E-state index in [0.717, 1.165) is 26.0 Å². The van der Waals surface area contributed by atoms with E-state index in [0.29, 0.717) is 19.6 Å². The molecular weight excluding hydrogens is 390 g/mol. The summed E-state index contributed by atoms with van der Waals surface area (Å²) in [6.07, 6.45) is 0.284. The molecule has 0 radical (unpaired) electrons. The van der Waals surface area contributed by atoms with Crippen LogP contribution in [0, 0.1) is 12.8 Å². The van der Waals surface area contributed by atoms with E-state index in [2.05, 4.69) is 15.7 Å². The number of hydrogen-bond acceptors (Lipinski definition) is 5. The molecule has 144 valence electrons. The van der Waals surface area contributed by atoms with Crippen LogP contribution >= 0.6 is 22.7 Å². The first-order valence-corrected chi connectivity index (χ1v) is 10.9. The zero-order valence-corrected chi connectivity index (χ0v) is 17.2. The Bertz CT molecular complexity index is 980. The molecule has 2 amide bonds. The number of nitrogens with zero attached hydrogens (tertiary/aromatic N) is 2. The fourth-order valence-corrected chi connectivity index (χ4v) is 4.91. The molecule has 4 rings (SSSR count). The number of hydrogen-bond donors (Lipinski definition) is 1. The first-order chi connectivity index (χ1) is 13.6. The van der Waals surface area contributed by atoms with Gasteiger partial charge in [0.15, 0.2) is 0 Å². The van der Waals surface area contributed by atoms with Crippen LogP contribution in [0.4, 0.5) is 0 Å². The number of carbonyl (C=O) groups excluding carboxylic acids is 2. The van der Waals surface area contributed by atoms with Gasteiger partial charge in [-0.15, -0.1) is 22.7 Å². The zero-order valence-electron chi connectivity index (χ0n) is 15.6. The standard InChI is InChI=1S/C21H21N3O2S2/c1-14-23-18(13-27-14)19-8-7-17(28-19)10-22-21(26)16-9-20(25)24(12-16)11-15-5-3-2-4-6-15/h2-8,13,16H,9-12H2,1H3,(H,22,26)/t16-/m1/s1. The Labute approximate surface area is 172 Å². The quantitative estimate of drug-likeness (QED) is 0.670. The SMILES string of the molecule is Cc1nc(-c2ccc(CNC(=O)[C@@H]3CC(=O)N(Cc4ccccc4)C3)s2)cs1. The third-order valence-electron chi connectivity index (χ3n) is 4.77. The Hall–Kier alpha value is -2.51. The number of amides is 2. The highest BCUT2D eigenvalue weighted by Crippen LogP contribution is 2.29. The third kappa shape index (κ3) is 4.31. The van der Waals surface area contributed by atoms with Crippen LogP contribution in [-0.2, 0) is 22.7 Å². The molecule has 1 atom stereocenters. The average Bonchev–Trinajstić information content (AvgIpc) is 3.41. The lowest BCUT2D eigenvalue weighted by Crippen LogP contribution is -2.32. The topological polar surface area (TPSA) is 62.3 Å². The van der Waals surface area contributed by atoms with Crippen molar-refractivity contribution in [1.82, 2.24) is 15.2 Å². The van der Waals surface area contributed by atoms with Crippen LogP contribution in [0.5, 0.6) is 0 Å². The van der Waals surface area contributed by atoms with Gasteiger partial charge in [0.05, 0.1) is 28.0 Å². The Morgan fingerprint density at radius 3 is 2.82 bits per heavy atom. The fourth-order valence-electron chi connectivity index (χ4n) is 3.31. The molecule has 1 aliphatic rings. The van der Waals surface area contributed by atoms with Crippen molar-refractivity contribution in [2.45, 2.75) is 26.4 Å². The summed E-state index contributed by atoms with van der Waals surface area (Å²) in [6.45, 7) is 3.51. The predicted octanol–water partition coefficient (Wildman–Crippen LogP) is 3.84. The van der Waals surface area contributed by atoms with Gasteiger partial charge in [-0.3, -0.25) is 9.59 Å². The molecule has 3 heterocycles. The number of rotatable bonds is 6. The summed E-state index contributed by atoms with van der Waals surface area (Å²) in [7, 11) is 0. The maximum absolute atomic E-state index is 12.5. The maximum atomic E-state index is 12.5. The van der Waals surface area contributed by atoms with Crippen molar-refractivity contribution in [2.75, 3.05) is 6.54 Å².